The number of nitro groups is 1. The summed E-state index contributed by atoms with van der Waals surface area (Å²) in [5.41, 5.74) is 0.0824. The van der Waals surface area contributed by atoms with Crippen molar-refractivity contribution in [3.8, 4) is 11.5 Å². The van der Waals surface area contributed by atoms with Crippen molar-refractivity contribution < 1.29 is 23.9 Å². The summed E-state index contributed by atoms with van der Waals surface area (Å²) in [5, 5.41) is 23.0. The summed E-state index contributed by atoms with van der Waals surface area (Å²) in [6.07, 6.45) is 3.52. The van der Waals surface area contributed by atoms with Gasteiger partial charge in [0.25, 0.3) is 11.6 Å². The number of thioether (sulfide) groups is 1. The van der Waals surface area contributed by atoms with E-state index in [4.69, 9.17) is 14.2 Å². The summed E-state index contributed by atoms with van der Waals surface area (Å²) in [5.74, 6) is 0.396. The third-order valence-corrected chi connectivity index (χ3v) is 5.36. The molecule has 182 valence electrons. The van der Waals surface area contributed by atoms with Crippen LogP contribution in [0, 0.1) is 10.1 Å². The maximum Gasteiger partial charge on any atom is 0.286 e. The van der Waals surface area contributed by atoms with E-state index in [1.807, 2.05) is 6.26 Å². The van der Waals surface area contributed by atoms with Gasteiger partial charge in [-0.05, 0) is 6.26 Å². The molecule has 0 aliphatic carbocycles. The first-order valence-corrected chi connectivity index (χ1v) is 11.3. The molecule has 0 saturated heterocycles. The number of carbonyl (C=O) groups is 1. The van der Waals surface area contributed by atoms with Crippen LogP contribution in [-0.2, 0) is 11.3 Å². The van der Waals surface area contributed by atoms with Gasteiger partial charge in [0.05, 0.1) is 49.9 Å². The number of carbonyl (C=O) groups excluding carboxylic acids is 1. The standard InChI is InChI=1S/C20H25N7O6S/c1-31-8-6-21-17-13-11-23-26(18(13)25-20(24-17)34-4)7-5-22-19(28)12-9-15(32-2)16(33-3)10-14(12)27(29)30/h9-11H,5-8H2,1-4H3,(H,22,28)(H,21,24,25). The normalized spacial score (nSPS) is 10.8. The number of amides is 1. The van der Waals surface area contributed by atoms with Crippen LogP contribution in [0.15, 0.2) is 23.5 Å². The van der Waals surface area contributed by atoms with Gasteiger partial charge >= 0.3 is 0 Å². The van der Waals surface area contributed by atoms with E-state index in [2.05, 4.69) is 25.7 Å². The molecule has 0 atom stereocenters. The Morgan fingerprint density at radius 2 is 1.91 bits per heavy atom. The summed E-state index contributed by atoms with van der Waals surface area (Å²) in [6, 6.07) is 2.44. The van der Waals surface area contributed by atoms with E-state index in [0.29, 0.717) is 36.3 Å². The second-order valence-electron chi connectivity index (χ2n) is 6.82. The first kappa shape index (κ1) is 25.0. The molecule has 0 radical (unpaired) electrons. The lowest BCUT2D eigenvalue weighted by Gasteiger charge is -2.11. The Balaban J connectivity index is 1.78. The van der Waals surface area contributed by atoms with Crippen molar-refractivity contribution in [2.24, 2.45) is 0 Å². The van der Waals surface area contributed by atoms with Crippen LogP contribution in [0.25, 0.3) is 11.0 Å². The summed E-state index contributed by atoms with van der Waals surface area (Å²) >= 11 is 1.40. The van der Waals surface area contributed by atoms with Crippen molar-refractivity contribution >= 4 is 40.2 Å². The van der Waals surface area contributed by atoms with Crippen LogP contribution < -0.4 is 20.1 Å². The van der Waals surface area contributed by atoms with Crippen LogP contribution in [0.4, 0.5) is 11.5 Å². The van der Waals surface area contributed by atoms with Gasteiger partial charge in [0, 0.05) is 26.3 Å². The van der Waals surface area contributed by atoms with Crippen LogP contribution in [-0.4, -0.2) is 77.9 Å². The molecule has 34 heavy (non-hydrogen) atoms. The van der Waals surface area contributed by atoms with Crippen molar-refractivity contribution in [3.05, 3.63) is 34.0 Å². The molecule has 3 rings (SSSR count). The van der Waals surface area contributed by atoms with E-state index in [1.54, 1.807) is 18.0 Å². The number of ether oxygens (including phenoxy) is 3. The largest absolute Gasteiger partial charge is 0.493 e. The number of fused-ring (bicyclic) bond motifs is 1. The summed E-state index contributed by atoms with van der Waals surface area (Å²) in [6.45, 7) is 1.54. The molecule has 0 aliphatic heterocycles. The molecule has 14 heteroatoms. The number of nitrogens with zero attached hydrogens (tertiary/aromatic N) is 5. The molecule has 2 N–H and O–H groups in total. The third-order valence-electron chi connectivity index (χ3n) is 4.81. The topological polar surface area (TPSA) is 156 Å². The fourth-order valence-electron chi connectivity index (χ4n) is 3.17. The Morgan fingerprint density at radius 3 is 2.56 bits per heavy atom. The third kappa shape index (κ3) is 5.46. The second-order valence-corrected chi connectivity index (χ2v) is 7.59. The average molecular weight is 492 g/mol. The van der Waals surface area contributed by atoms with Crippen molar-refractivity contribution in [2.75, 3.05) is 52.6 Å². The Hall–Kier alpha value is -3.65. The van der Waals surface area contributed by atoms with Crippen molar-refractivity contribution in [1.29, 1.82) is 0 Å². The van der Waals surface area contributed by atoms with Crippen molar-refractivity contribution in [3.63, 3.8) is 0 Å². The first-order valence-electron chi connectivity index (χ1n) is 10.1. The molecule has 13 nitrogen and oxygen atoms in total. The van der Waals surface area contributed by atoms with Crippen LogP contribution in [0.3, 0.4) is 0 Å². The minimum absolute atomic E-state index is 0.135. The maximum absolute atomic E-state index is 12.7. The molecule has 0 fully saturated rings. The molecule has 1 amide bonds. The van der Waals surface area contributed by atoms with Gasteiger partial charge in [-0.25, -0.2) is 14.6 Å². The first-order chi connectivity index (χ1) is 16.4. The zero-order valence-electron chi connectivity index (χ0n) is 19.2. The van der Waals surface area contributed by atoms with Crippen LogP contribution in [0.2, 0.25) is 0 Å². The van der Waals surface area contributed by atoms with Gasteiger partial charge in [0.2, 0.25) is 0 Å². The van der Waals surface area contributed by atoms with Gasteiger partial charge in [-0.15, -0.1) is 0 Å². The molecule has 0 aliphatic rings. The molecule has 1 aromatic carbocycles. The maximum atomic E-state index is 12.7. The summed E-state index contributed by atoms with van der Waals surface area (Å²) in [7, 11) is 4.37. The van der Waals surface area contributed by atoms with Gasteiger partial charge in [-0.2, -0.15) is 5.10 Å². The van der Waals surface area contributed by atoms with E-state index in [9.17, 15) is 14.9 Å². The number of nitrogens with one attached hydrogen (secondary N) is 2. The quantitative estimate of drug-likeness (QED) is 0.125. The van der Waals surface area contributed by atoms with Gasteiger partial charge < -0.3 is 24.8 Å². The highest BCUT2D eigenvalue weighted by Gasteiger charge is 2.24. The lowest BCUT2D eigenvalue weighted by molar-refractivity contribution is -0.385. The lowest BCUT2D eigenvalue weighted by Crippen LogP contribution is -2.28. The van der Waals surface area contributed by atoms with Gasteiger partial charge in [0.1, 0.15) is 11.4 Å². The fraction of sp³-hybridized carbons (Fsp3) is 0.400. The van der Waals surface area contributed by atoms with E-state index in [-0.39, 0.29) is 29.3 Å². The molecular weight excluding hydrogens is 466 g/mol. The highest BCUT2D eigenvalue weighted by atomic mass is 32.2. The molecule has 2 aromatic heterocycles. The molecule has 3 aromatic rings. The molecule has 0 bridgehead atoms. The Labute approximate surface area is 199 Å². The Morgan fingerprint density at radius 1 is 1.18 bits per heavy atom. The number of methoxy groups -OCH3 is 3. The summed E-state index contributed by atoms with van der Waals surface area (Å²) < 4.78 is 17.0. The number of hydrogen-bond donors (Lipinski definition) is 2. The second kappa shape index (κ2) is 11.5. The highest BCUT2D eigenvalue weighted by molar-refractivity contribution is 7.98. The smallest absolute Gasteiger partial charge is 0.286 e. The van der Waals surface area contributed by atoms with E-state index in [1.165, 1.54) is 32.0 Å². The van der Waals surface area contributed by atoms with Crippen molar-refractivity contribution in [2.45, 2.75) is 11.7 Å². The van der Waals surface area contributed by atoms with E-state index in [0.717, 1.165) is 11.5 Å². The predicted molar refractivity (Wildman–Crippen MR) is 126 cm³/mol. The lowest BCUT2D eigenvalue weighted by atomic mass is 10.1. The number of nitro benzene ring substituents is 1. The number of benzene rings is 1. The van der Waals surface area contributed by atoms with Gasteiger partial charge in [0.15, 0.2) is 22.3 Å². The molecule has 0 saturated carbocycles. The number of rotatable bonds is 12. The zero-order chi connectivity index (χ0) is 24.7. The summed E-state index contributed by atoms with van der Waals surface area (Å²) in [4.78, 5) is 32.6. The monoisotopic (exact) mass is 491 g/mol. The van der Waals surface area contributed by atoms with Crippen LogP contribution >= 0.6 is 11.8 Å². The van der Waals surface area contributed by atoms with Crippen LogP contribution in [0.5, 0.6) is 11.5 Å². The zero-order valence-corrected chi connectivity index (χ0v) is 20.0. The molecular formula is C20H25N7O6S. The molecule has 2 heterocycles. The number of aromatic nitrogens is 4. The number of hydrogen-bond acceptors (Lipinski definition) is 11. The van der Waals surface area contributed by atoms with Crippen molar-refractivity contribution in [1.82, 2.24) is 25.1 Å². The SMILES string of the molecule is COCCNc1nc(SC)nc2c1cnn2CCNC(=O)c1cc(OC)c(OC)cc1[N+](=O)[O-]. The molecule has 0 spiro atoms. The van der Waals surface area contributed by atoms with Gasteiger partial charge in [-0.3, -0.25) is 14.9 Å². The Bertz CT molecular complexity index is 1190. The highest BCUT2D eigenvalue weighted by Crippen LogP contribution is 2.34. The minimum atomic E-state index is -0.642. The van der Waals surface area contributed by atoms with E-state index < -0.39 is 10.8 Å². The molecule has 0 unspecified atom stereocenters. The minimum Gasteiger partial charge on any atom is -0.493 e. The van der Waals surface area contributed by atoms with Gasteiger partial charge in [-0.1, -0.05) is 11.8 Å². The van der Waals surface area contributed by atoms with E-state index >= 15 is 0 Å². The number of anilines is 1. The average Bonchev–Trinajstić information content (AvgIpc) is 3.25. The van der Waals surface area contributed by atoms with Crippen LogP contribution in [0.1, 0.15) is 10.4 Å². The fourth-order valence-corrected chi connectivity index (χ4v) is 3.53. The predicted octanol–water partition coefficient (Wildman–Crippen LogP) is 1.96. The Kier molecular flexibility index (Phi) is 8.43.